The van der Waals surface area contributed by atoms with Gasteiger partial charge in [-0.1, -0.05) is 19.9 Å². The lowest BCUT2D eigenvalue weighted by molar-refractivity contribution is 0.132. The summed E-state index contributed by atoms with van der Waals surface area (Å²) in [4.78, 5) is 9.56. The molecule has 22 heavy (non-hydrogen) atoms. The van der Waals surface area contributed by atoms with Gasteiger partial charge < -0.3 is 5.73 Å². The number of aromatic nitrogens is 1. The van der Waals surface area contributed by atoms with Crippen molar-refractivity contribution in [2.24, 2.45) is 11.8 Å². The number of nitrogens with zero attached hydrogens (tertiary/aromatic N) is 3. The Bertz CT molecular complexity index is 484. The molecule has 1 saturated carbocycles. The first kappa shape index (κ1) is 15.8. The molecule has 1 aliphatic carbocycles. The quantitative estimate of drug-likeness (QED) is 0.908. The van der Waals surface area contributed by atoms with E-state index in [1.165, 1.54) is 44.5 Å². The summed E-state index contributed by atoms with van der Waals surface area (Å²) in [6, 6.07) is 4.77. The SMILES string of the molecule is CC(C)[C@H]1CN(Cc2cccnc2N)CCCN1CC1CC1. The van der Waals surface area contributed by atoms with E-state index in [-0.39, 0.29) is 0 Å². The van der Waals surface area contributed by atoms with Gasteiger partial charge in [-0.2, -0.15) is 0 Å². The molecule has 1 saturated heterocycles. The van der Waals surface area contributed by atoms with Crippen molar-refractivity contribution >= 4 is 5.82 Å². The van der Waals surface area contributed by atoms with Gasteiger partial charge in [-0.3, -0.25) is 9.80 Å². The van der Waals surface area contributed by atoms with E-state index in [4.69, 9.17) is 5.73 Å². The lowest BCUT2D eigenvalue weighted by Gasteiger charge is -2.34. The molecule has 0 amide bonds. The lowest BCUT2D eigenvalue weighted by Crippen LogP contribution is -2.45. The third kappa shape index (κ3) is 3.99. The smallest absolute Gasteiger partial charge is 0.127 e. The highest BCUT2D eigenvalue weighted by atomic mass is 15.2. The highest BCUT2D eigenvalue weighted by molar-refractivity contribution is 5.38. The van der Waals surface area contributed by atoms with Gasteiger partial charge in [-0.05, 0) is 50.3 Å². The van der Waals surface area contributed by atoms with Crippen molar-refractivity contribution in [1.29, 1.82) is 0 Å². The van der Waals surface area contributed by atoms with Crippen molar-refractivity contribution in [3.8, 4) is 0 Å². The summed E-state index contributed by atoms with van der Waals surface area (Å²) >= 11 is 0. The fourth-order valence-corrected chi connectivity index (χ4v) is 3.59. The first-order valence-electron chi connectivity index (χ1n) is 8.79. The van der Waals surface area contributed by atoms with E-state index in [2.05, 4.69) is 34.7 Å². The molecule has 0 aromatic carbocycles. The van der Waals surface area contributed by atoms with E-state index < -0.39 is 0 Å². The number of hydrogen-bond acceptors (Lipinski definition) is 4. The molecule has 0 unspecified atom stereocenters. The van der Waals surface area contributed by atoms with Gasteiger partial charge in [0, 0.05) is 37.4 Å². The van der Waals surface area contributed by atoms with Crippen LogP contribution in [-0.4, -0.2) is 47.0 Å². The van der Waals surface area contributed by atoms with Crippen molar-refractivity contribution in [3.05, 3.63) is 23.9 Å². The van der Waals surface area contributed by atoms with Gasteiger partial charge >= 0.3 is 0 Å². The number of nitrogens with two attached hydrogens (primary N) is 1. The summed E-state index contributed by atoms with van der Waals surface area (Å²) in [6.45, 7) is 10.5. The molecule has 4 heteroatoms. The highest BCUT2D eigenvalue weighted by Crippen LogP contribution is 2.32. The van der Waals surface area contributed by atoms with Crippen LogP contribution in [0.1, 0.15) is 38.7 Å². The first-order chi connectivity index (χ1) is 10.6. The van der Waals surface area contributed by atoms with Crippen LogP contribution in [-0.2, 0) is 6.54 Å². The van der Waals surface area contributed by atoms with Gasteiger partial charge in [0.2, 0.25) is 0 Å². The average Bonchev–Trinajstić information content (AvgIpc) is 3.30. The van der Waals surface area contributed by atoms with Crippen molar-refractivity contribution in [2.45, 2.75) is 45.7 Å². The van der Waals surface area contributed by atoms with Crippen LogP contribution in [0.25, 0.3) is 0 Å². The molecule has 2 aliphatic rings. The van der Waals surface area contributed by atoms with Crippen LogP contribution in [0.5, 0.6) is 0 Å². The molecule has 0 bridgehead atoms. The Morgan fingerprint density at radius 1 is 1.32 bits per heavy atom. The number of pyridine rings is 1. The Balaban J connectivity index is 1.66. The van der Waals surface area contributed by atoms with Gasteiger partial charge in [-0.25, -0.2) is 4.98 Å². The fourth-order valence-electron chi connectivity index (χ4n) is 3.59. The molecule has 1 aromatic heterocycles. The zero-order valence-corrected chi connectivity index (χ0v) is 14.0. The van der Waals surface area contributed by atoms with Crippen molar-refractivity contribution in [1.82, 2.24) is 14.8 Å². The van der Waals surface area contributed by atoms with Crippen molar-refractivity contribution in [3.63, 3.8) is 0 Å². The molecule has 0 radical (unpaired) electrons. The molecule has 1 atom stereocenters. The average molecular weight is 302 g/mol. The summed E-state index contributed by atoms with van der Waals surface area (Å²) in [5.41, 5.74) is 7.19. The molecule has 2 N–H and O–H groups in total. The zero-order chi connectivity index (χ0) is 15.5. The molecule has 2 heterocycles. The third-order valence-corrected chi connectivity index (χ3v) is 5.11. The van der Waals surface area contributed by atoms with E-state index in [0.29, 0.717) is 17.8 Å². The van der Waals surface area contributed by atoms with Crippen LogP contribution in [0, 0.1) is 11.8 Å². The number of nitrogen functional groups attached to an aromatic ring is 1. The van der Waals surface area contributed by atoms with Crippen LogP contribution in [0.3, 0.4) is 0 Å². The van der Waals surface area contributed by atoms with Gasteiger partial charge in [-0.15, -0.1) is 0 Å². The maximum atomic E-state index is 6.02. The monoisotopic (exact) mass is 302 g/mol. The molecule has 2 fully saturated rings. The highest BCUT2D eigenvalue weighted by Gasteiger charge is 2.32. The molecule has 3 rings (SSSR count). The molecular formula is C18H30N4. The molecule has 122 valence electrons. The zero-order valence-electron chi connectivity index (χ0n) is 14.0. The molecular weight excluding hydrogens is 272 g/mol. The topological polar surface area (TPSA) is 45.4 Å². The second-order valence-electron chi connectivity index (χ2n) is 7.39. The maximum absolute atomic E-state index is 6.02. The normalized spacial score (nSPS) is 24.6. The number of rotatable bonds is 5. The standard InChI is InChI=1S/C18H30N4/c1-14(2)17-13-21(12-16-5-3-8-20-18(16)19)9-4-10-22(17)11-15-6-7-15/h3,5,8,14-15,17H,4,6-7,9-13H2,1-2H3,(H2,19,20)/t17-/m1/s1. The summed E-state index contributed by atoms with van der Waals surface area (Å²) in [6.07, 6.45) is 5.92. The van der Waals surface area contributed by atoms with E-state index in [1.807, 2.05) is 6.07 Å². The molecule has 4 nitrogen and oxygen atoms in total. The summed E-state index contributed by atoms with van der Waals surface area (Å²) in [7, 11) is 0. The first-order valence-corrected chi connectivity index (χ1v) is 8.79. The Kier molecular flexibility index (Phi) is 4.99. The molecule has 1 aliphatic heterocycles. The van der Waals surface area contributed by atoms with Crippen molar-refractivity contribution < 1.29 is 0 Å². The summed E-state index contributed by atoms with van der Waals surface area (Å²) in [5, 5.41) is 0. The van der Waals surface area contributed by atoms with E-state index in [9.17, 15) is 0 Å². The van der Waals surface area contributed by atoms with E-state index in [0.717, 1.165) is 19.0 Å². The Hall–Kier alpha value is -1.13. The summed E-state index contributed by atoms with van der Waals surface area (Å²) < 4.78 is 0. The van der Waals surface area contributed by atoms with Crippen molar-refractivity contribution in [2.75, 3.05) is 31.9 Å². The van der Waals surface area contributed by atoms with Gasteiger partial charge in [0.1, 0.15) is 5.82 Å². The van der Waals surface area contributed by atoms with Crippen LogP contribution in [0.15, 0.2) is 18.3 Å². The predicted octanol–water partition coefficient (Wildman–Crippen LogP) is 2.61. The van der Waals surface area contributed by atoms with E-state index >= 15 is 0 Å². The van der Waals surface area contributed by atoms with Crippen LogP contribution in [0.2, 0.25) is 0 Å². The Morgan fingerprint density at radius 3 is 2.82 bits per heavy atom. The van der Waals surface area contributed by atoms with Crippen LogP contribution >= 0.6 is 0 Å². The molecule has 1 aromatic rings. The minimum atomic E-state index is 0.668. The Labute approximate surface area is 134 Å². The second kappa shape index (κ2) is 6.97. The largest absolute Gasteiger partial charge is 0.383 e. The minimum Gasteiger partial charge on any atom is -0.383 e. The van der Waals surface area contributed by atoms with Gasteiger partial charge in [0.25, 0.3) is 0 Å². The summed E-state index contributed by atoms with van der Waals surface area (Å²) in [5.74, 6) is 2.36. The number of hydrogen-bond donors (Lipinski definition) is 1. The van der Waals surface area contributed by atoms with Gasteiger partial charge in [0.15, 0.2) is 0 Å². The predicted molar refractivity (Wildman–Crippen MR) is 91.5 cm³/mol. The third-order valence-electron chi connectivity index (χ3n) is 5.11. The van der Waals surface area contributed by atoms with Crippen LogP contribution < -0.4 is 5.73 Å². The lowest BCUT2D eigenvalue weighted by atomic mass is 10.0. The van der Waals surface area contributed by atoms with Crippen LogP contribution in [0.4, 0.5) is 5.82 Å². The minimum absolute atomic E-state index is 0.668. The van der Waals surface area contributed by atoms with Gasteiger partial charge in [0.05, 0.1) is 0 Å². The second-order valence-corrected chi connectivity index (χ2v) is 7.39. The maximum Gasteiger partial charge on any atom is 0.127 e. The fraction of sp³-hybridized carbons (Fsp3) is 0.722. The molecule has 0 spiro atoms. The number of anilines is 1. The van der Waals surface area contributed by atoms with E-state index in [1.54, 1.807) is 6.20 Å². The Morgan fingerprint density at radius 2 is 2.14 bits per heavy atom.